The Hall–Kier alpha value is -1.81. The number of rotatable bonds is 2. The summed E-state index contributed by atoms with van der Waals surface area (Å²) in [6.45, 7) is 13.6. The van der Waals surface area contributed by atoms with E-state index in [0.717, 1.165) is 36.5 Å². The van der Waals surface area contributed by atoms with E-state index in [1.807, 2.05) is 4.90 Å². The summed E-state index contributed by atoms with van der Waals surface area (Å²) in [4.78, 5) is 14.9. The number of β-amino-alcohol motifs (C(OH)–C–C–N with tert-alkyl or cyclic N) is 1. The summed E-state index contributed by atoms with van der Waals surface area (Å²) in [5.41, 5.74) is 5.27. The van der Waals surface area contributed by atoms with Gasteiger partial charge in [0.1, 0.15) is 0 Å². The van der Waals surface area contributed by atoms with Crippen LogP contribution >= 0.6 is 0 Å². The van der Waals surface area contributed by atoms with Crippen LogP contribution in [-0.4, -0.2) is 40.8 Å². The van der Waals surface area contributed by atoms with Gasteiger partial charge in [-0.2, -0.15) is 0 Å². The number of aryl methyl sites for hydroxylation is 1. The van der Waals surface area contributed by atoms with Gasteiger partial charge in [0.2, 0.25) is 0 Å². The summed E-state index contributed by atoms with van der Waals surface area (Å²) < 4.78 is 0. The highest BCUT2D eigenvalue weighted by Crippen LogP contribution is 2.72. The average molecular weight is 545 g/mol. The molecule has 7 rings (SSSR count). The molecule has 218 valence electrons. The number of allylic oxidation sites excluding steroid dienone is 2. The Bertz CT molecular complexity index is 1200. The van der Waals surface area contributed by atoms with Crippen molar-refractivity contribution in [3.63, 3.8) is 0 Å². The van der Waals surface area contributed by atoms with Crippen molar-refractivity contribution in [3.8, 4) is 0 Å². The van der Waals surface area contributed by atoms with Gasteiger partial charge in [-0.05, 0) is 122 Å². The van der Waals surface area contributed by atoms with Gasteiger partial charge >= 0.3 is 6.03 Å². The molecule has 2 N–H and O–H groups in total. The number of urea groups is 1. The molecule has 1 heterocycles. The molecule has 40 heavy (non-hydrogen) atoms. The van der Waals surface area contributed by atoms with Gasteiger partial charge in [-0.25, -0.2) is 4.79 Å². The fourth-order valence-corrected chi connectivity index (χ4v) is 12.2. The number of likely N-dealkylation sites (tertiary alicyclic amines) is 1. The highest BCUT2D eigenvalue weighted by Gasteiger charge is 2.65. The summed E-state index contributed by atoms with van der Waals surface area (Å²) in [6.07, 6.45) is 15.0. The largest absolute Gasteiger partial charge is 0.389 e. The third kappa shape index (κ3) is 3.76. The second kappa shape index (κ2) is 9.09. The van der Waals surface area contributed by atoms with E-state index in [9.17, 15) is 9.90 Å². The molecule has 4 heteroatoms. The van der Waals surface area contributed by atoms with E-state index in [4.69, 9.17) is 0 Å². The first kappa shape index (κ1) is 27.0. The summed E-state index contributed by atoms with van der Waals surface area (Å²) >= 11 is 0. The normalized spacial score (nSPS) is 43.9. The number of carbonyl (C=O) groups excluding carboxylic acids is 1. The van der Waals surface area contributed by atoms with Gasteiger partial charge in [0.25, 0.3) is 0 Å². The average Bonchev–Trinajstić information content (AvgIpc) is 3.31. The number of amides is 2. The number of nitrogens with one attached hydrogen (secondary N) is 1. The van der Waals surface area contributed by atoms with E-state index in [1.54, 1.807) is 5.57 Å². The Morgan fingerprint density at radius 3 is 2.35 bits per heavy atom. The van der Waals surface area contributed by atoms with Crippen LogP contribution < -0.4 is 5.32 Å². The number of aliphatic hydroxyl groups excluding tert-OH is 1. The van der Waals surface area contributed by atoms with Crippen LogP contribution in [0.3, 0.4) is 0 Å². The van der Waals surface area contributed by atoms with Gasteiger partial charge in [0.05, 0.1) is 19.2 Å². The van der Waals surface area contributed by atoms with E-state index in [1.165, 1.54) is 62.5 Å². The third-order valence-electron chi connectivity index (χ3n) is 14.0. The number of nitrogens with zero attached hydrogens (tertiary/aromatic N) is 1. The lowest BCUT2D eigenvalue weighted by Gasteiger charge is -2.68. The van der Waals surface area contributed by atoms with Gasteiger partial charge in [-0.15, -0.1) is 0 Å². The van der Waals surface area contributed by atoms with Crippen LogP contribution in [0.15, 0.2) is 30.3 Å². The zero-order valence-corrected chi connectivity index (χ0v) is 25.6. The lowest BCUT2D eigenvalue weighted by atomic mass is 9.37. The molecule has 0 spiro atoms. The molecular weight excluding hydrogens is 492 g/mol. The second-order valence-electron chi connectivity index (χ2n) is 16.1. The number of fused-ring (bicyclic) bond motifs is 7. The first-order chi connectivity index (χ1) is 19.0. The smallest absolute Gasteiger partial charge is 0.318 e. The molecule has 2 amide bonds. The van der Waals surface area contributed by atoms with Gasteiger partial charge in [0, 0.05) is 5.54 Å². The Kier molecular flexibility index (Phi) is 6.15. The van der Waals surface area contributed by atoms with Gasteiger partial charge in [0.15, 0.2) is 0 Å². The van der Waals surface area contributed by atoms with E-state index < -0.39 is 0 Å². The summed E-state index contributed by atoms with van der Waals surface area (Å²) in [7, 11) is 0. The predicted octanol–water partition coefficient (Wildman–Crippen LogP) is 7.59. The molecule has 4 saturated carbocycles. The van der Waals surface area contributed by atoms with Crippen LogP contribution in [0, 0.1) is 52.8 Å². The molecule has 8 unspecified atom stereocenters. The standard InChI is InChI=1S/C36H52N2O2/c1-23-8-10-24(11-9-23)27-14-18-35(5)30(33(27,2)3)16-19-34(4)28-15-20-36(37-32(40)38-21-25(39)22-38)17-6-7-29(36)26(28)12-13-31(34)35/h8-11,14,25-26,28-31,39H,6-7,12-13,15-22H2,1-5H3,(H,37,40). The van der Waals surface area contributed by atoms with Crippen molar-refractivity contribution in [2.45, 2.75) is 110 Å². The summed E-state index contributed by atoms with van der Waals surface area (Å²) in [5.74, 6) is 3.65. The Morgan fingerprint density at radius 2 is 1.62 bits per heavy atom. The molecule has 8 atom stereocenters. The number of benzene rings is 1. The van der Waals surface area contributed by atoms with Crippen LogP contribution in [0.5, 0.6) is 0 Å². The second-order valence-corrected chi connectivity index (χ2v) is 16.1. The van der Waals surface area contributed by atoms with Gasteiger partial charge < -0.3 is 15.3 Å². The number of aliphatic hydroxyl groups is 1. The quantitative estimate of drug-likeness (QED) is 0.403. The molecule has 1 saturated heterocycles. The maximum atomic E-state index is 13.1. The zero-order chi connectivity index (χ0) is 28.1. The van der Waals surface area contributed by atoms with Crippen molar-refractivity contribution in [2.24, 2.45) is 45.8 Å². The topological polar surface area (TPSA) is 52.6 Å². The third-order valence-corrected chi connectivity index (χ3v) is 14.0. The van der Waals surface area contributed by atoms with Crippen LogP contribution in [0.2, 0.25) is 0 Å². The summed E-state index contributed by atoms with van der Waals surface area (Å²) in [6, 6.07) is 9.33. The highest BCUT2D eigenvalue weighted by molar-refractivity contribution is 5.76. The van der Waals surface area contributed by atoms with Gasteiger partial charge in [-0.3, -0.25) is 0 Å². The number of hydrogen-bond donors (Lipinski definition) is 2. The molecule has 5 fully saturated rings. The van der Waals surface area contributed by atoms with E-state index in [0.29, 0.717) is 29.8 Å². The first-order valence-electron chi connectivity index (χ1n) is 16.5. The fourth-order valence-electron chi connectivity index (χ4n) is 12.2. The molecule has 0 bridgehead atoms. The van der Waals surface area contributed by atoms with Gasteiger partial charge in [-0.1, -0.05) is 70.0 Å². The number of carbonyl (C=O) groups is 1. The minimum atomic E-state index is -0.336. The molecular formula is C36H52N2O2. The van der Waals surface area contributed by atoms with E-state index >= 15 is 0 Å². The monoisotopic (exact) mass is 544 g/mol. The molecule has 0 aromatic heterocycles. The Labute approximate surface area is 242 Å². The Balaban J connectivity index is 1.15. The first-order valence-corrected chi connectivity index (χ1v) is 16.5. The van der Waals surface area contributed by atoms with Crippen molar-refractivity contribution in [3.05, 3.63) is 41.5 Å². The minimum Gasteiger partial charge on any atom is -0.389 e. The maximum absolute atomic E-state index is 13.1. The number of hydrogen-bond acceptors (Lipinski definition) is 2. The Morgan fingerprint density at radius 1 is 0.875 bits per heavy atom. The van der Waals surface area contributed by atoms with Crippen LogP contribution in [0.1, 0.15) is 103 Å². The van der Waals surface area contributed by atoms with Crippen LogP contribution in [-0.2, 0) is 0 Å². The molecule has 6 aliphatic rings. The minimum absolute atomic E-state index is 0.0123. The predicted molar refractivity (Wildman–Crippen MR) is 162 cm³/mol. The fraction of sp³-hybridized carbons (Fsp3) is 0.750. The van der Waals surface area contributed by atoms with Crippen molar-refractivity contribution < 1.29 is 9.90 Å². The van der Waals surface area contributed by atoms with Crippen molar-refractivity contribution in [1.29, 1.82) is 0 Å². The van der Waals surface area contributed by atoms with Crippen molar-refractivity contribution in [1.82, 2.24) is 10.2 Å². The lowest BCUT2D eigenvalue weighted by molar-refractivity contribution is -0.172. The van der Waals surface area contributed by atoms with E-state index in [2.05, 4.69) is 70.3 Å². The molecule has 4 nitrogen and oxygen atoms in total. The molecule has 1 aliphatic heterocycles. The molecule has 5 aliphatic carbocycles. The van der Waals surface area contributed by atoms with Crippen molar-refractivity contribution >= 4 is 11.6 Å². The molecule has 1 aromatic carbocycles. The van der Waals surface area contributed by atoms with Crippen LogP contribution in [0.25, 0.3) is 5.57 Å². The lowest BCUT2D eigenvalue weighted by Crippen LogP contribution is -2.66. The molecule has 0 radical (unpaired) electrons. The van der Waals surface area contributed by atoms with Crippen LogP contribution in [0.4, 0.5) is 4.79 Å². The van der Waals surface area contributed by atoms with Crippen molar-refractivity contribution in [2.75, 3.05) is 13.1 Å². The molecule has 1 aromatic rings. The zero-order valence-electron chi connectivity index (χ0n) is 25.6. The SMILES string of the molecule is Cc1ccc(C2=CCC3(C)C(CCC4(C)C5CCC6(NC(=O)N7CC(O)C7)CCCC6C5CCC43)C2(C)C)cc1. The summed E-state index contributed by atoms with van der Waals surface area (Å²) in [5, 5.41) is 13.3. The highest BCUT2D eigenvalue weighted by atomic mass is 16.3. The van der Waals surface area contributed by atoms with E-state index in [-0.39, 0.29) is 23.1 Å². The maximum Gasteiger partial charge on any atom is 0.318 e.